The molecule has 0 aromatic heterocycles. The van der Waals surface area contributed by atoms with Gasteiger partial charge in [-0.05, 0) is 48.2 Å². The number of halogens is 3. The zero-order valence-corrected chi connectivity index (χ0v) is 12.3. The van der Waals surface area contributed by atoms with E-state index in [4.69, 9.17) is 11.6 Å². The van der Waals surface area contributed by atoms with Gasteiger partial charge in [-0.25, -0.2) is 4.39 Å². The lowest BCUT2D eigenvalue weighted by Gasteiger charge is -2.11. The van der Waals surface area contributed by atoms with E-state index < -0.39 is 0 Å². The lowest BCUT2D eigenvalue weighted by atomic mass is 10.0. The third-order valence-corrected chi connectivity index (χ3v) is 4.15. The molecule has 0 aliphatic heterocycles. The van der Waals surface area contributed by atoms with Crippen LogP contribution in [0.25, 0.3) is 0 Å². The van der Waals surface area contributed by atoms with Gasteiger partial charge in [0.25, 0.3) is 0 Å². The minimum absolute atomic E-state index is 0.182. The van der Waals surface area contributed by atoms with E-state index in [1.54, 1.807) is 12.1 Å². The SMILES string of the molecule is Cc1ccc(C(Br)Cc2ccc(F)cc2)cc1Cl. The van der Waals surface area contributed by atoms with Crippen molar-refractivity contribution in [1.29, 1.82) is 0 Å². The van der Waals surface area contributed by atoms with Gasteiger partial charge in [-0.3, -0.25) is 0 Å². The summed E-state index contributed by atoms with van der Waals surface area (Å²) in [6.07, 6.45) is 0.805. The van der Waals surface area contributed by atoms with Crippen molar-refractivity contribution in [2.75, 3.05) is 0 Å². The smallest absolute Gasteiger partial charge is 0.123 e. The molecular weight excluding hydrogens is 315 g/mol. The van der Waals surface area contributed by atoms with Gasteiger partial charge in [-0.15, -0.1) is 0 Å². The molecule has 0 fully saturated rings. The molecule has 2 aromatic rings. The molecular formula is C15H13BrClF. The molecule has 0 amide bonds. The molecule has 0 heterocycles. The zero-order valence-electron chi connectivity index (χ0n) is 9.96. The summed E-state index contributed by atoms with van der Waals surface area (Å²) in [5.41, 5.74) is 3.30. The molecule has 0 nitrogen and oxygen atoms in total. The van der Waals surface area contributed by atoms with Gasteiger partial charge in [0.15, 0.2) is 0 Å². The summed E-state index contributed by atoms with van der Waals surface area (Å²) in [6.45, 7) is 1.98. The summed E-state index contributed by atoms with van der Waals surface area (Å²) >= 11 is 9.76. The van der Waals surface area contributed by atoms with Crippen LogP contribution in [0.5, 0.6) is 0 Å². The van der Waals surface area contributed by atoms with Crippen molar-refractivity contribution in [3.05, 3.63) is 70.0 Å². The van der Waals surface area contributed by atoms with E-state index in [1.807, 2.05) is 19.1 Å². The lowest BCUT2D eigenvalue weighted by molar-refractivity contribution is 0.627. The molecule has 18 heavy (non-hydrogen) atoms. The van der Waals surface area contributed by atoms with E-state index >= 15 is 0 Å². The molecule has 0 bridgehead atoms. The highest BCUT2D eigenvalue weighted by Gasteiger charge is 2.10. The minimum Gasteiger partial charge on any atom is -0.207 e. The molecule has 0 spiro atoms. The average molecular weight is 328 g/mol. The normalized spacial score (nSPS) is 12.4. The number of hydrogen-bond donors (Lipinski definition) is 0. The highest BCUT2D eigenvalue weighted by molar-refractivity contribution is 9.09. The second-order valence-corrected chi connectivity index (χ2v) is 5.82. The molecule has 0 aliphatic rings. The van der Waals surface area contributed by atoms with Crippen LogP contribution in [0.2, 0.25) is 5.02 Å². The Morgan fingerprint density at radius 3 is 2.44 bits per heavy atom. The Kier molecular flexibility index (Phi) is 4.41. The van der Waals surface area contributed by atoms with Crippen LogP contribution in [0.3, 0.4) is 0 Å². The van der Waals surface area contributed by atoms with Crippen molar-refractivity contribution in [3.63, 3.8) is 0 Å². The predicted octanol–water partition coefficient (Wildman–Crippen LogP) is 5.47. The Bertz CT molecular complexity index is 537. The fourth-order valence-corrected chi connectivity index (χ4v) is 2.60. The maximum atomic E-state index is 12.8. The van der Waals surface area contributed by atoms with Gasteiger partial charge >= 0.3 is 0 Å². The van der Waals surface area contributed by atoms with Gasteiger partial charge in [0.05, 0.1) is 0 Å². The summed E-state index contributed by atoms with van der Waals surface area (Å²) in [7, 11) is 0. The van der Waals surface area contributed by atoms with Crippen LogP contribution in [0.1, 0.15) is 21.5 Å². The molecule has 0 saturated carbocycles. The second kappa shape index (κ2) is 5.85. The summed E-state index contributed by atoms with van der Waals surface area (Å²) in [5, 5.41) is 0.774. The first-order valence-corrected chi connectivity index (χ1v) is 7.00. The molecule has 94 valence electrons. The van der Waals surface area contributed by atoms with E-state index in [9.17, 15) is 4.39 Å². The van der Waals surface area contributed by atoms with Gasteiger partial charge in [-0.1, -0.05) is 51.8 Å². The van der Waals surface area contributed by atoms with Gasteiger partial charge in [-0.2, -0.15) is 0 Å². The fourth-order valence-electron chi connectivity index (χ4n) is 1.75. The van der Waals surface area contributed by atoms with Crippen molar-refractivity contribution in [1.82, 2.24) is 0 Å². The molecule has 0 N–H and O–H groups in total. The van der Waals surface area contributed by atoms with Gasteiger partial charge in [0.2, 0.25) is 0 Å². The maximum Gasteiger partial charge on any atom is 0.123 e. The number of hydrogen-bond acceptors (Lipinski definition) is 0. The zero-order chi connectivity index (χ0) is 13.1. The van der Waals surface area contributed by atoms with Gasteiger partial charge < -0.3 is 0 Å². The van der Waals surface area contributed by atoms with Gasteiger partial charge in [0.1, 0.15) is 5.82 Å². The van der Waals surface area contributed by atoms with Crippen molar-refractivity contribution in [2.24, 2.45) is 0 Å². The monoisotopic (exact) mass is 326 g/mol. The first-order chi connectivity index (χ1) is 8.56. The third kappa shape index (κ3) is 3.33. The molecule has 0 radical (unpaired) electrons. The molecule has 1 unspecified atom stereocenters. The Balaban J connectivity index is 2.13. The first-order valence-electron chi connectivity index (χ1n) is 5.71. The number of aryl methyl sites for hydroxylation is 1. The molecule has 0 saturated heterocycles. The van der Waals surface area contributed by atoms with Crippen LogP contribution >= 0.6 is 27.5 Å². The fraction of sp³-hybridized carbons (Fsp3) is 0.200. The Morgan fingerprint density at radius 2 is 1.83 bits per heavy atom. The van der Waals surface area contributed by atoms with E-state index in [0.717, 1.165) is 28.1 Å². The van der Waals surface area contributed by atoms with Crippen LogP contribution in [0.15, 0.2) is 42.5 Å². The summed E-state index contributed by atoms with van der Waals surface area (Å²) in [5.74, 6) is -0.205. The van der Waals surface area contributed by atoms with E-state index in [2.05, 4.69) is 22.0 Å². The predicted molar refractivity (Wildman–Crippen MR) is 78.0 cm³/mol. The Labute approximate surface area is 120 Å². The van der Waals surface area contributed by atoms with Crippen molar-refractivity contribution < 1.29 is 4.39 Å². The molecule has 2 aromatic carbocycles. The standard InChI is InChI=1S/C15H13BrClF/c1-10-2-5-12(9-15(10)17)14(16)8-11-3-6-13(18)7-4-11/h2-7,9,14H,8H2,1H3. The Morgan fingerprint density at radius 1 is 1.17 bits per heavy atom. The number of alkyl halides is 1. The average Bonchev–Trinajstić information content (AvgIpc) is 2.35. The van der Waals surface area contributed by atoms with Crippen LogP contribution < -0.4 is 0 Å². The van der Waals surface area contributed by atoms with E-state index in [1.165, 1.54) is 12.1 Å². The van der Waals surface area contributed by atoms with Crippen LogP contribution in [0, 0.1) is 12.7 Å². The van der Waals surface area contributed by atoms with Crippen LogP contribution in [0.4, 0.5) is 4.39 Å². The molecule has 1 atom stereocenters. The quantitative estimate of drug-likeness (QED) is 0.656. The maximum absolute atomic E-state index is 12.8. The van der Waals surface area contributed by atoms with Crippen LogP contribution in [-0.2, 0) is 6.42 Å². The lowest BCUT2D eigenvalue weighted by Crippen LogP contribution is -1.96. The van der Waals surface area contributed by atoms with Crippen molar-refractivity contribution >= 4 is 27.5 Å². The largest absolute Gasteiger partial charge is 0.207 e. The summed E-state index contributed by atoms with van der Waals surface area (Å²) in [6, 6.07) is 12.6. The third-order valence-electron chi connectivity index (χ3n) is 2.89. The van der Waals surface area contributed by atoms with Crippen molar-refractivity contribution in [2.45, 2.75) is 18.2 Å². The van der Waals surface area contributed by atoms with E-state index in [0.29, 0.717) is 0 Å². The highest BCUT2D eigenvalue weighted by Crippen LogP contribution is 2.30. The van der Waals surface area contributed by atoms with Crippen LogP contribution in [-0.4, -0.2) is 0 Å². The molecule has 0 aliphatic carbocycles. The first kappa shape index (κ1) is 13.6. The molecule has 2 rings (SSSR count). The molecule has 3 heteroatoms. The highest BCUT2D eigenvalue weighted by atomic mass is 79.9. The Hall–Kier alpha value is -0.860. The topological polar surface area (TPSA) is 0 Å². The van der Waals surface area contributed by atoms with E-state index in [-0.39, 0.29) is 10.6 Å². The van der Waals surface area contributed by atoms with Gasteiger partial charge in [0, 0.05) is 9.85 Å². The van der Waals surface area contributed by atoms with Crippen molar-refractivity contribution in [3.8, 4) is 0 Å². The minimum atomic E-state index is -0.205. The summed E-state index contributed by atoms with van der Waals surface area (Å²) < 4.78 is 12.8. The number of benzene rings is 2. The number of rotatable bonds is 3. The second-order valence-electron chi connectivity index (χ2n) is 4.31. The summed E-state index contributed by atoms with van der Waals surface area (Å²) in [4.78, 5) is 0.182.